The Hall–Kier alpha value is -1.02. The van der Waals surface area contributed by atoms with Crippen LogP contribution in [-0.4, -0.2) is 19.7 Å². The second-order valence-electron chi connectivity index (χ2n) is 6.33. The molecule has 1 aromatic carbocycles. The molecule has 2 atom stereocenters. The van der Waals surface area contributed by atoms with Crippen LogP contribution in [0, 0.1) is 5.92 Å². The summed E-state index contributed by atoms with van der Waals surface area (Å²) < 4.78 is 5.94. The summed E-state index contributed by atoms with van der Waals surface area (Å²) >= 11 is 0. The zero-order valence-electron chi connectivity index (χ0n) is 13.7. The van der Waals surface area contributed by atoms with Gasteiger partial charge in [0.25, 0.3) is 0 Å². The summed E-state index contributed by atoms with van der Waals surface area (Å²) in [6.45, 7) is 3.14. The molecule has 2 unspecified atom stereocenters. The highest BCUT2D eigenvalue weighted by atomic mass is 16.5. The predicted molar refractivity (Wildman–Crippen MR) is 90.0 cm³/mol. The minimum atomic E-state index is 0.588. The molecule has 1 aliphatic heterocycles. The quantitative estimate of drug-likeness (QED) is 0.672. The van der Waals surface area contributed by atoms with Crippen molar-refractivity contribution in [1.29, 1.82) is 0 Å². The van der Waals surface area contributed by atoms with Crippen LogP contribution >= 0.6 is 0 Å². The lowest BCUT2D eigenvalue weighted by atomic mass is 9.87. The maximum atomic E-state index is 5.94. The summed E-state index contributed by atoms with van der Waals surface area (Å²) in [6.07, 6.45) is 10.7. The molecule has 1 aliphatic rings. The van der Waals surface area contributed by atoms with Crippen LogP contribution in [0.3, 0.4) is 0 Å². The smallest absolute Gasteiger partial charge is 0.122 e. The van der Waals surface area contributed by atoms with Gasteiger partial charge in [-0.3, -0.25) is 0 Å². The van der Waals surface area contributed by atoms with Gasteiger partial charge in [-0.2, -0.15) is 0 Å². The van der Waals surface area contributed by atoms with Crippen LogP contribution in [0.1, 0.15) is 57.4 Å². The number of para-hydroxylation sites is 1. The van der Waals surface area contributed by atoms with E-state index in [4.69, 9.17) is 4.74 Å². The van der Waals surface area contributed by atoms with Crippen LogP contribution in [-0.2, 0) is 6.42 Å². The molecule has 21 heavy (non-hydrogen) atoms. The van der Waals surface area contributed by atoms with Crippen molar-refractivity contribution in [2.75, 3.05) is 13.7 Å². The fraction of sp³-hybridized carbons (Fsp3) is 0.684. The van der Waals surface area contributed by atoms with Gasteiger partial charge in [-0.1, -0.05) is 63.6 Å². The van der Waals surface area contributed by atoms with Gasteiger partial charge in [0.1, 0.15) is 5.75 Å². The molecule has 0 saturated heterocycles. The van der Waals surface area contributed by atoms with Crippen molar-refractivity contribution < 1.29 is 4.74 Å². The van der Waals surface area contributed by atoms with Gasteiger partial charge in [-0.05, 0) is 31.5 Å². The average Bonchev–Trinajstić information content (AvgIpc) is 2.54. The first-order valence-electron chi connectivity index (χ1n) is 8.73. The zero-order chi connectivity index (χ0) is 14.9. The van der Waals surface area contributed by atoms with Gasteiger partial charge in [0.2, 0.25) is 0 Å². The topological polar surface area (TPSA) is 21.3 Å². The minimum absolute atomic E-state index is 0.588. The lowest BCUT2D eigenvalue weighted by Crippen LogP contribution is -2.39. The van der Waals surface area contributed by atoms with E-state index in [0.717, 1.165) is 18.8 Å². The third-order valence-electron chi connectivity index (χ3n) is 4.72. The van der Waals surface area contributed by atoms with Crippen molar-refractivity contribution in [2.45, 2.75) is 64.3 Å². The molecule has 118 valence electrons. The fourth-order valence-corrected chi connectivity index (χ4v) is 3.37. The van der Waals surface area contributed by atoms with E-state index < -0.39 is 0 Å². The van der Waals surface area contributed by atoms with Crippen LogP contribution in [0.2, 0.25) is 0 Å². The highest BCUT2D eigenvalue weighted by molar-refractivity contribution is 5.35. The summed E-state index contributed by atoms with van der Waals surface area (Å²) in [6, 6.07) is 9.06. The molecule has 1 N–H and O–H groups in total. The summed E-state index contributed by atoms with van der Waals surface area (Å²) in [5.74, 6) is 1.70. The number of hydrogen-bond donors (Lipinski definition) is 1. The Morgan fingerprint density at radius 2 is 1.90 bits per heavy atom. The lowest BCUT2D eigenvalue weighted by molar-refractivity contribution is 0.181. The van der Waals surface area contributed by atoms with E-state index in [1.54, 1.807) is 0 Å². The first-order valence-corrected chi connectivity index (χ1v) is 8.73. The molecule has 0 bridgehead atoms. The van der Waals surface area contributed by atoms with Gasteiger partial charge in [0.05, 0.1) is 6.61 Å². The van der Waals surface area contributed by atoms with Crippen molar-refractivity contribution in [3.8, 4) is 5.75 Å². The summed E-state index contributed by atoms with van der Waals surface area (Å²) in [7, 11) is 2.10. The van der Waals surface area contributed by atoms with Gasteiger partial charge >= 0.3 is 0 Å². The average molecular weight is 289 g/mol. The van der Waals surface area contributed by atoms with E-state index in [1.807, 2.05) is 0 Å². The third kappa shape index (κ3) is 5.03. The van der Waals surface area contributed by atoms with Crippen molar-refractivity contribution in [3.63, 3.8) is 0 Å². The van der Waals surface area contributed by atoms with Gasteiger partial charge in [0, 0.05) is 12.0 Å². The normalized spacial score (nSPS) is 18.9. The number of benzene rings is 1. The van der Waals surface area contributed by atoms with Crippen molar-refractivity contribution in [1.82, 2.24) is 5.32 Å². The molecule has 0 saturated carbocycles. The summed E-state index contributed by atoms with van der Waals surface area (Å²) in [5.41, 5.74) is 1.37. The molecule has 2 heteroatoms. The van der Waals surface area contributed by atoms with E-state index in [0.29, 0.717) is 12.0 Å². The molecule has 1 heterocycles. The second kappa shape index (κ2) is 9.09. The summed E-state index contributed by atoms with van der Waals surface area (Å²) in [4.78, 5) is 0. The number of hydrogen-bond acceptors (Lipinski definition) is 2. The van der Waals surface area contributed by atoms with Gasteiger partial charge in [-0.25, -0.2) is 0 Å². The highest BCUT2D eigenvalue weighted by Gasteiger charge is 2.25. The molecule has 1 aromatic rings. The summed E-state index contributed by atoms with van der Waals surface area (Å²) in [5, 5.41) is 3.52. The van der Waals surface area contributed by atoms with Crippen LogP contribution in [0.5, 0.6) is 5.75 Å². The molecule has 0 aliphatic carbocycles. The highest BCUT2D eigenvalue weighted by Crippen LogP contribution is 2.29. The molecule has 0 fully saturated rings. The zero-order valence-corrected chi connectivity index (χ0v) is 13.7. The van der Waals surface area contributed by atoms with E-state index >= 15 is 0 Å². The Balaban J connectivity index is 1.74. The maximum absolute atomic E-state index is 5.94. The van der Waals surface area contributed by atoms with Crippen molar-refractivity contribution in [3.05, 3.63) is 29.8 Å². The number of ether oxygens (including phenoxy) is 1. The van der Waals surface area contributed by atoms with Crippen molar-refractivity contribution in [2.24, 2.45) is 5.92 Å². The molecular formula is C19H31NO. The van der Waals surface area contributed by atoms with E-state index in [1.165, 1.54) is 50.5 Å². The fourth-order valence-electron chi connectivity index (χ4n) is 3.37. The van der Waals surface area contributed by atoms with Crippen LogP contribution in [0.4, 0.5) is 0 Å². The first-order chi connectivity index (χ1) is 10.3. The third-order valence-corrected chi connectivity index (χ3v) is 4.72. The molecule has 0 radical (unpaired) electrons. The Morgan fingerprint density at radius 1 is 1.14 bits per heavy atom. The lowest BCUT2D eigenvalue weighted by Gasteiger charge is -2.31. The van der Waals surface area contributed by atoms with Crippen LogP contribution in [0.25, 0.3) is 0 Å². The Morgan fingerprint density at radius 3 is 2.71 bits per heavy atom. The van der Waals surface area contributed by atoms with Gasteiger partial charge in [-0.15, -0.1) is 0 Å². The number of unbranched alkanes of at least 4 members (excludes halogenated alkanes) is 5. The van der Waals surface area contributed by atoms with Gasteiger partial charge in [0.15, 0.2) is 0 Å². The van der Waals surface area contributed by atoms with E-state index in [2.05, 4.69) is 43.6 Å². The van der Waals surface area contributed by atoms with Crippen LogP contribution < -0.4 is 10.1 Å². The Labute approximate surface area is 130 Å². The predicted octanol–water partition coefficient (Wildman–Crippen LogP) is 4.58. The number of nitrogens with one attached hydrogen (secondary N) is 1. The first kappa shape index (κ1) is 16.4. The molecule has 0 amide bonds. The Bertz CT molecular complexity index is 404. The maximum Gasteiger partial charge on any atom is 0.122 e. The molecule has 0 spiro atoms. The molecule has 2 rings (SSSR count). The van der Waals surface area contributed by atoms with E-state index in [9.17, 15) is 0 Å². The van der Waals surface area contributed by atoms with Crippen LogP contribution in [0.15, 0.2) is 24.3 Å². The molecule has 0 aromatic heterocycles. The number of fused-ring (bicyclic) bond motifs is 1. The SMILES string of the molecule is CCCCCCCCC(NC)C1COc2ccccc2C1. The Kier molecular flexibility index (Phi) is 7.08. The largest absolute Gasteiger partial charge is 0.493 e. The van der Waals surface area contributed by atoms with Crippen molar-refractivity contribution >= 4 is 0 Å². The monoisotopic (exact) mass is 289 g/mol. The van der Waals surface area contributed by atoms with E-state index in [-0.39, 0.29) is 0 Å². The molecule has 2 nitrogen and oxygen atoms in total. The minimum Gasteiger partial charge on any atom is -0.493 e. The number of rotatable bonds is 9. The molecular weight excluding hydrogens is 258 g/mol. The second-order valence-corrected chi connectivity index (χ2v) is 6.33. The standard InChI is InChI=1S/C19H31NO/c1-3-4-5-6-7-8-12-18(20-2)17-14-16-11-9-10-13-19(16)21-15-17/h9-11,13,17-18,20H,3-8,12,14-15H2,1-2H3. The van der Waals surface area contributed by atoms with Gasteiger partial charge < -0.3 is 10.1 Å².